The third kappa shape index (κ3) is 4.92. The van der Waals surface area contributed by atoms with Gasteiger partial charge in [-0.3, -0.25) is 15.1 Å². The van der Waals surface area contributed by atoms with Crippen molar-refractivity contribution in [3.63, 3.8) is 0 Å². The number of non-ortho nitro benzene ring substituents is 1. The van der Waals surface area contributed by atoms with Gasteiger partial charge in [0.05, 0.1) is 22.1 Å². The van der Waals surface area contributed by atoms with Crippen molar-refractivity contribution in [2.45, 2.75) is 30.6 Å². The number of hydrogen-bond acceptors (Lipinski definition) is 5. The molecule has 24 heavy (non-hydrogen) atoms. The Morgan fingerprint density at radius 3 is 2.29 bits per heavy atom. The van der Waals surface area contributed by atoms with E-state index in [-0.39, 0.29) is 22.9 Å². The number of nitrogens with two attached hydrogens (primary N) is 1. The molecule has 0 unspecified atom stereocenters. The summed E-state index contributed by atoms with van der Waals surface area (Å²) in [6.45, 7) is 1.77. The van der Waals surface area contributed by atoms with Crippen molar-refractivity contribution in [3.8, 4) is 0 Å². The van der Waals surface area contributed by atoms with Gasteiger partial charge >= 0.3 is 0 Å². The summed E-state index contributed by atoms with van der Waals surface area (Å²) >= 11 is 0. The van der Waals surface area contributed by atoms with Crippen LogP contribution >= 0.6 is 0 Å². The lowest BCUT2D eigenvalue weighted by Crippen LogP contribution is -2.38. The van der Waals surface area contributed by atoms with E-state index < -0.39 is 14.8 Å². The predicted octanol–water partition coefficient (Wildman–Crippen LogP) is 1.56. The molecule has 1 heterocycles. The van der Waals surface area contributed by atoms with Crippen LogP contribution in [-0.4, -0.2) is 49.6 Å². The highest BCUT2D eigenvalue weighted by molar-refractivity contribution is 7.91. The van der Waals surface area contributed by atoms with E-state index in [1.165, 1.54) is 37.1 Å². The van der Waals surface area contributed by atoms with Gasteiger partial charge in [-0.25, -0.2) is 8.42 Å². The minimum absolute atomic E-state index is 0.0524. The third-order valence-electron chi connectivity index (χ3n) is 3.97. The molecule has 1 aliphatic rings. The lowest BCUT2D eigenvalue weighted by Gasteiger charge is -2.21. The maximum absolute atomic E-state index is 12.2. The highest BCUT2D eigenvalue weighted by Gasteiger charge is 2.16. The number of nitro benzene ring substituents is 1. The molecule has 1 aliphatic heterocycles. The summed E-state index contributed by atoms with van der Waals surface area (Å²) in [5, 5.41) is 10.6. The second-order valence-corrected chi connectivity index (χ2v) is 7.82. The van der Waals surface area contributed by atoms with Crippen molar-refractivity contribution in [3.05, 3.63) is 34.4 Å². The maximum atomic E-state index is 12.2. The quantitative estimate of drug-likeness (QED) is 0.371. The Labute approximate surface area is 141 Å². The minimum Gasteiger partial charge on any atom is -0.370 e. The molecule has 1 fully saturated rings. The molecule has 9 heteroatoms. The van der Waals surface area contributed by atoms with E-state index in [0.717, 1.165) is 25.9 Å². The van der Waals surface area contributed by atoms with Crippen LogP contribution in [0.25, 0.3) is 0 Å². The third-order valence-corrected chi connectivity index (χ3v) is 5.68. The van der Waals surface area contributed by atoms with Crippen LogP contribution in [0.5, 0.6) is 0 Å². The van der Waals surface area contributed by atoms with Crippen molar-refractivity contribution in [2.75, 3.05) is 25.4 Å². The van der Waals surface area contributed by atoms with Crippen LogP contribution in [0.4, 0.5) is 5.69 Å². The van der Waals surface area contributed by atoms with Crippen LogP contribution in [0.3, 0.4) is 0 Å². The van der Waals surface area contributed by atoms with Gasteiger partial charge in [0.2, 0.25) is 0 Å². The molecule has 8 nitrogen and oxygen atoms in total. The standard InChI is InChI=1S/C15H22N4O4S/c16-15(18-10-3-1-2-4-11-18)17-9-12-24(22,23)14-7-5-13(6-8-14)19(20)21/h5-8H,1-4,9-12H2,(H2,16,17). The number of nitro groups is 1. The van der Waals surface area contributed by atoms with Crippen LogP contribution in [0.2, 0.25) is 0 Å². The zero-order chi connectivity index (χ0) is 17.6. The number of nitrogens with zero attached hydrogens (tertiary/aromatic N) is 3. The lowest BCUT2D eigenvalue weighted by atomic mass is 10.2. The molecular formula is C15H22N4O4S. The average Bonchev–Trinajstić information content (AvgIpc) is 2.84. The number of likely N-dealkylation sites (tertiary alicyclic amines) is 1. The summed E-state index contributed by atoms with van der Waals surface area (Å²) < 4.78 is 24.5. The summed E-state index contributed by atoms with van der Waals surface area (Å²) in [7, 11) is -3.54. The van der Waals surface area contributed by atoms with Crippen LogP contribution in [0, 0.1) is 10.1 Å². The highest BCUT2D eigenvalue weighted by atomic mass is 32.2. The van der Waals surface area contributed by atoms with Gasteiger partial charge in [0, 0.05) is 25.2 Å². The SMILES string of the molecule is NC(=NCCS(=O)(=O)c1ccc([N+](=O)[O-])cc1)N1CCCCCC1. The Kier molecular flexibility index (Phi) is 6.13. The first-order valence-corrected chi connectivity index (χ1v) is 9.57. The first-order chi connectivity index (χ1) is 11.4. The summed E-state index contributed by atoms with van der Waals surface area (Å²) in [6.07, 6.45) is 4.49. The molecule has 0 bridgehead atoms. The Morgan fingerprint density at radius 2 is 1.75 bits per heavy atom. The molecule has 0 atom stereocenters. The largest absolute Gasteiger partial charge is 0.370 e. The van der Waals surface area contributed by atoms with Gasteiger partial charge in [-0.1, -0.05) is 12.8 Å². The monoisotopic (exact) mass is 354 g/mol. The average molecular weight is 354 g/mol. The van der Waals surface area contributed by atoms with Gasteiger partial charge in [-0.2, -0.15) is 0 Å². The van der Waals surface area contributed by atoms with E-state index in [4.69, 9.17) is 5.73 Å². The highest BCUT2D eigenvalue weighted by Crippen LogP contribution is 2.17. The molecule has 0 spiro atoms. The fourth-order valence-electron chi connectivity index (χ4n) is 2.57. The van der Waals surface area contributed by atoms with Crippen molar-refractivity contribution in [1.29, 1.82) is 0 Å². The van der Waals surface area contributed by atoms with E-state index in [1.807, 2.05) is 4.90 Å². The lowest BCUT2D eigenvalue weighted by molar-refractivity contribution is -0.384. The van der Waals surface area contributed by atoms with Gasteiger partial charge in [0.25, 0.3) is 5.69 Å². The van der Waals surface area contributed by atoms with Crippen LogP contribution in [-0.2, 0) is 9.84 Å². The summed E-state index contributed by atoms with van der Waals surface area (Å²) in [5.74, 6) is 0.204. The smallest absolute Gasteiger partial charge is 0.269 e. The fourth-order valence-corrected chi connectivity index (χ4v) is 3.69. The summed E-state index contributed by atoms with van der Waals surface area (Å²) in [4.78, 5) is 16.3. The molecule has 0 amide bonds. The van der Waals surface area contributed by atoms with Crippen molar-refractivity contribution in [1.82, 2.24) is 4.90 Å². The van der Waals surface area contributed by atoms with Crippen molar-refractivity contribution in [2.24, 2.45) is 10.7 Å². The van der Waals surface area contributed by atoms with Gasteiger partial charge in [-0.15, -0.1) is 0 Å². The second-order valence-electron chi connectivity index (χ2n) is 5.71. The first-order valence-electron chi connectivity index (χ1n) is 7.92. The van der Waals surface area contributed by atoms with Crippen molar-refractivity contribution >= 4 is 21.5 Å². The van der Waals surface area contributed by atoms with Gasteiger partial charge < -0.3 is 10.6 Å². The molecule has 2 rings (SSSR count). The fraction of sp³-hybridized carbons (Fsp3) is 0.533. The molecule has 1 saturated heterocycles. The molecular weight excluding hydrogens is 332 g/mol. The summed E-state index contributed by atoms with van der Waals surface area (Å²) in [5.41, 5.74) is 5.80. The van der Waals surface area contributed by atoms with Gasteiger partial charge in [0.15, 0.2) is 15.8 Å². The molecule has 0 aliphatic carbocycles. The Balaban J connectivity index is 1.96. The van der Waals surface area contributed by atoms with E-state index in [2.05, 4.69) is 4.99 Å². The second kappa shape index (κ2) is 8.09. The predicted molar refractivity (Wildman–Crippen MR) is 91.7 cm³/mol. The zero-order valence-corrected chi connectivity index (χ0v) is 14.2. The van der Waals surface area contributed by atoms with E-state index >= 15 is 0 Å². The Hall–Kier alpha value is -2.16. The van der Waals surface area contributed by atoms with E-state index in [1.54, 1.807) is 0 Å². The van der Waals surface area contributed by atoms with Gasteiger partial charge in [-0.05, 0) is 25.0 Å². The molecule has 1 aromatic rings. The molecule has 1 aromatic carbocycles. The molecule has 0 aromatic heterocycles. The Morgan fingerprint density at radius 1 is 1.17 bits per heavy atom. The van der Waals surface area contributed by atoms with Gasteiger partial charge in [0.1, 0.15) is 0 Å². The molecule has 2 N–H and O–H groups in total. The normalized spacial score (nSPS) is 16.7. The zero-order valence-electron chi connectivity index (χ0n) is 13.4. The maximum Gasteiger partial charge on any atom is 0.269 e. The Bertz CT molecular complexity index is 693. The number of rotatable bonds is 5. The molecule has 0 radical (unpaired) electrons. The van der Waals surface area contributed by atoms with E-state index in [0.29, 0.717) is 5.96 Å². The summed E-state index contributed by atoms with van der Waals surface area (Å²) in [6, 6.07) is 4.86. The first kappa shape index (κ1) is 18.2. The number of benzene rings is 1. The van der Waals surface area contributed by atoms with Crippen LogP contribution in [0.15, 0.2) is 34.2 Å². The molecule has 0 saturated carbocycles. The van der Waals surface area contributed by atoms with E-state index in [9.17, 15) is 18.5 Å². The topological polar surface area (TPSA) is 119 Å². The number of hydrogen-bond donors (Lipinski definition) is 1. The van der Waals surface area contributed by atoms with Crippen molar-refractivity contribution < 1.29 is 13.3 Å². The number of sulfone groups is 1. The molecule has 132 valence electrons. The number of guanidine groups is 1. The van der Waals surface area contributed by atoms with Crippen LogP contribution in [0.1, 0.15) is 25.7 Å². The minimum atomic E-state index is -3.54. The van der Waals surface area contributed by atoms with Crippen LogP contribution < -0.4 is 5.73 Å². The number of aliphatic imine (C=N–C) groups is 1.